The number of hydrogen-bond donors (Lipinski definition) is 2. The molecule has 1 saturated carbocycles. The summed E-state index contributed by atoms with van der Waals surface area (Å²) in [5.74, 6) is 4.10. The van der Waals surface area contributed by atoms with Crippen LogP contribution in [0.2, 0.25) is 0 Å². The Bertz CT molecular complexity index is 285. The number of nitrogens with one attached hydrogen (secondary N) is 2. The van der Waals surface area contributed by atoms with Crippen LogP contribution in [0.5, 0.6) is 0 Å². The van der Waals surface area contributed by atoms with E-state index in [0.29, 0.717) is 0 Å². The first-order chi connectivity index (χ1) is 9.28. The Balaban J connectivity index is 0.00000200. The van der Waals surface area contributed by atoms with Crippen LogP contribution in [0, 0.1) is 11.8 Å². The number of thioether (sulfide) groups is 1. The fourth-order valence-corrected chi connectivity index (χ4v) is 4.21. The number of halogens is 1. The molecule has 2 fully saturated rings. The molecule has 1 aliphatic carbocycles. The van der Waals surface area contributed by atoms with Gasteiger partial charge in [0.2, 0.25) is 0 Å². The number of rotatable bonds is 4. The van der Waals surface area contributed by atoms with E-state index in [2.05, 4.69) is 34.3 Å². The molecule has 1 saturated heterocycles. The SMILES string of the molecule is CN=C(NCC1CCC(C)CC1)NCC1CCCS1.I. The minimum absolute atomic E-state index is 0. The van der Waals surface area contributed by atoms with Gasteiger partial charge in [-0.25, -0.2) is 0 Å². The Morgan fingerprint density at radius 2 is 1.80 bits per heavy atom. The van der Waals surface area contributed by atoms with E-state index >= 15 is 0 Å². The van der Waals surface area contributed by atoms with Crippen molar-refractivity contribution in [3.63, 3.8) is 0 Å². The van der Waals surface area contributed by atoms with Crippen LogP contribution in [0.15, 0.2) is 4.99 Å². The quantitative estimate of drug-likeness (QED) is 0.423. The van der Waals surface area contributed by atoms with Crippen molar-refractivity contribution in [2.75, 3.05) is 25.9 Å². The highest BCUT2D eigenvalue weighted by molar-refractivity contribution is 14.0. The molecule has 1 aliphatic heterocycles. The summed E-state index contributed by atoms with van der Waals surface area (Å²) in [6, 6.07) is 0. The molecular weight excluding hydrogens is 381 g/mol. The Morgan fingerprint density at radius 3 is 2.40 bits per heavy atom. The number of nitrogens with zero attached hydrogens (tertiary/aromatic N) is 1. The van der Waals surface area contributed by atoms with Crippen LogP contribution in [0.1, 0.15) is 45.4 Å². The van der Waals surface area contributed by atoms with E-state index in [1.165, 1.54) is 44.3 Å². The molecule has 0 spiro atoms. The maximum absolute atomic E-state index is 4.33. The Morgan fingerprint density at radius 1 is 1.10 bits per heavy atom. The third kappa shape index (κ3) is 6.41. The number of hydrogen-bond acceptors (Lipinski definition) is 2. The molecule has 0 radical (unpaired) electrons. The van der Waals surface area contributed by atoms with Crippen molar-refractivity contribution in [1.82, 2.24) is 10.6 Å². The molecule has 0 aromatic rings. The van der Waals surface area contributed by atoms with Gasteiger partial charge in [-0.2, -0.15) is 11.8 Å². The highest BCUT2D eigenvalue weighted by Crippen LogP contribution is 2.27. The average Bonchev–Trinajstić information content (AvgIpc) is 2.94. The van der Waals surface area contributed by atoms with Crippen LogP contribution in [-0.4, -0.2) is 37.1 Å². The van der Waals surface area contributed by atoms with Crippen molar-refractivity contribution in [2.24, 2.45) is 16.8 Å². The van der Waals surface area contributed by atoms with E-state index < -0.39 is 0 Å². The summed E-state index contributed by atoms with van der Waals surface area (Å²) >= 11 is 2.10. The Kier molecular flexibility index (Phi) is 9.33. The molecule has 1 heterocycles. The first-order valence-electron chi connectivity index (χ1n) is 7.84. The highest BCUT2D eigenvalue weighted by Gasteiger charge is 2.19. The molecule has 2 aliphatic rings. The second kappa shape index (κ2) is 10.1. The van der Waals surface area contributed by atoms with Crippen LogP contribution >= 0.6 is 35.7 Å². The van der Waals surface area contributed by atoms with Crippen LogP contribution in [0.3, 0.4) is 0 Å². The van der Waals surface area contributed by atoms with Gasteiger partial charge >= 0.3 is 0 Å². The van der Waals surface area contributed by atoms with E-state index in [4.69, 9.17) is 0 Å². The zero-order valence-electron chi connectivity index (χ0n) is 12.9. The molecule has 3 nitrogen and oxygen atoms in total. The summed E-state index contributed by atoms with van der Waals surface area (Å²) in [6.07, 6.45) is 8.29. The number of aliphatic imine (C=N–C) groups is 1. The van der Waals surface area contributed by atoms with Gasteiger partial charge in [0, 0.05) is 25.4 Å². The van der Waals surface area contributed by atoms with Crippen molar-refractivity contribution in [3.05, 3.63) is 0 Å². The van der Waals surface area contributed by atoms with E-state index in [-0.39, 0.29) is 24.0 Å². The molecule has 0 amide bonds. The van der Waals surface area contributed by atoms with Crippen molar-refractivity contribution in [3.8, 4) is 0 Å². The van der Waals surface area contributed by atoms with Crippen molar-refractivity contribution < 1.29 is 0 Å². The maximum Gasteiger partial charge on any atom is 0.191 e. The molecular formula is C15H30IN3S. The summed E-state index contributed by atoms with van der Waals surface area (Å²) in [5.41, 5.74) is 0. The lowest BCUT2D eigenvalue weighted by Crippen LogP contribution is -2.42. The third-order valence-corrected chi connectivity index (χ3v) is 5.84. The molecule has 0 bridgehead atoms. The molecule has 118 valence electrons. The van der Waals surface area contributed by atoms with E-state index in [1.54, 1.807) is 0 Å². The van der Waals surface area contributed by atoms with Crippen molar-refractivity contribution in [1.29, 1.82) is 0 Å². The van der Waals surface area contributed by atoms with Gasteiger partial charge < -0.3 is 10.6 Å². The zero-order chi connectivity index (χ0) is 13.5. The maximum atomic E-state index is 4.33. The van der Waals surface area contributed by atoms with Crippen molar-refractivity contribution >= 4 is 41.7 Å². The Hall–Kier alpha value is 0.350. The Labute approximate surface area is 145 Å². The van der Waals surface area contributed by atoms with Gasteiger partial charge in [0.25, 0.3) is 0 Å². The van der Waals surface area contributed by atoms with E-state index in [0.717, 1.165) is 36.1 Å². The normalized spacial score (nSPS) is 30.7. The smallest absolute Gasteiger partial charge is 0.191 e. The molecule has 1 unspecified atom stereocenters. The van der Waals surface area contributed by atoms with Gasteiger partial charge in [0.15, 0.2) is 5.96 Å². The summed E-state index contributed by atoms with van der Waals surface area (Å²) in [6.45, 7) is 4.53. The third-order valence-electron chi connectivity index (χ3n) is 4.44. The highest BCUT2D eigenvalue weighted by atomic mass is 127. The molecule has 20 heavy (non-hydrogen) atoms. The minimum atomic E-state index is 0. The van der Waals surface area contributed by atoms with Gasteiger partial charge in [0.1, 0.15) is 0 Å². The summed E-state index contributed by atoms with van der Waals surface area (Å²) < 4.78 is 0. The molecule has 2 rings (SSSR count). The molecule has 0 aromatic heterocycles. The van der Waals surface area contributed by atoms with Gasteiger partial charge in [0.05, 0.1) is 0 Å². The van der Waals surface area contributed by atoms with Gasteiger partial charge in [-0.3, -0.25) is 4.99 Å². The van der Waals surface area contributed by atoms with E-state index in [1.807, 2.05) is 7.05 Å². The first-order valence-corrected chi connectivity index (χ1v) is 8.89. The predicted octanol–water partition coefficient (Wildman–Crippen LogP) is 3.49. The lowest BCUT2D eigenvalue weighted by molar-refractivity contribution is 0.289. The summed E-state index contributed by atoms with van der Waals surface area (Å²) in [7, 11) is 1.88. The molecule has 1 atom stereocenters. The average molecular weight is 411 g/mol. The van der Waals surface area contributed by atoms with Gasteiger partial charge in [-0.15, -0.1) is 24.0 Å². The first kappa shape index (κ1) is 18.4. The fraction of sp³-hybridized carbons (Fsp3) is 0.933. The summed E-state index contributed by atoms with van der Waals surface area (Å²) in [5, 5.41) is 7.77. The fourth-order valence-electron chi connectivity index (χ4n) is 3.01. The predicted molar refractivity (Wildman–Crippen MR) is 101 cm³/mol. The van der Waals surface area contributed by atoms with Crippen LogP contribution in [0.4, 0.5) is 0 Å². The van der Waals surface area contributed by atoms with Crippen molar-refractivity contribution in [2.45, 2.75) is 50.7 Å². The lowest BCUT2D eigenvalue weighted by atomic mass is 9.83. The van der Waals surface area contributed by atoms with Crippen LogP contribution < -0.4 is 10.6 Å². The summed E-state index contributed by atoms with van der Waals surface area (Å²) in [4.78, 5) is 4.33. The van der Waals surface area contributed by atoms with E-state index in [9.17, 15) is 0 Å². The van der Waals surface area contributed by atoms with Gasteiger partial charge in [-0.05, 0) is 43.3 Å². The second-order valence-corrected chi connectivity index (χ2v) is 7.50. The largest absolute Gasteiger partial charge is 0.356 e. The minimum Gasteiger partial charge on any atom is -0.356 e. The number of guanidine groups is 1. The monoisotopic (exact) mass is 411 g/mol. The molecule has 0 aromatic carbocycles. The van der Waals surface area contributed by atoms with Crippen LogP contribution in [0.25, 0.3) is 0 Å². The molecule has 2 N–H and O–H groups in total. The second-order valence-electron chi connectivity index (χ2n) is 6.09. The topological polar surface area (TPSA) is 36.4 Å². The lowest BCUT2D eigenvalue weighted by Gasteiger charge is -2.27. The standard InChI is InChI=1S/C15H29N3S.HI/c1-12-5-7-13(8-6-12)10-17-15(16-2)18-11-14-4-3-9-19-14;/h12-14H,3-11H2,1-2H3,(H2,16,17,18);1H. The zero-order valence-corrected chi connectivity index (χ0v) is 16.0. The van der Waals surface area contributed by atoms with Crippen LogP contribution in [-0.2, 0) is 0 Å². The molecule has 5 heteroatoms. The van der Waals surface area contributed by atoms with Gasteiger partial charge in [-0.1, -0.05) is 19.8 Å².